The predicted octanol–water partition coefficient (Wildman–Crippen LogP) is 2.03. The molecule has 0 bridgehead atoms. The first kappa shape index (κ1) is 14.6. The SMILES string of the molecule is CC[C@@H](N)C(=O)Nc1cc(Cl)c(OC)cc1OC. The van der Waals surface area contributed by atoms with Gasteiger partial charge in [0.15, 0.2) is 0 Å². The van der Waals surface area contributed by atoms with Crippen LogP contribution in [0, 0.1) is 0 Å². The van der Waals surface area contributed by atoms with Gasteiger partial charge in [-0.25, -0.2) is 0 Å². The van der Waals surface area contributed by atoms with E-state index in [9.17, 15) is 4.79 Å². The summed E-state index contributed by atoms with van der Waals surface area (Å²) in [6, 6.07) is 2.62. The van der Waals surface area contributed by atoms with Crippen LogP contribution in [-0.4, -0.2) is 26.2 Å². The molecule has 5 nitrogen and oxygen atoms in total. The van der Waals surface area contributed by atoms with Gasteiger partial charge in [0.1, 0.15) is 11.5 Å². The van der Waals surface area contributed by atoms with Crippen LogP contribution < -0.4 is 20.5 Å². The highest BCUT2D eigenvalue weighted by Gasteiger charge is 2.15. The highest BCUT2D eigenvalue weighted by molar-refractivity contribution is 6.32. The van der Waals surface area contributed by atoms with Gasteiger partial charge in [-0.2, -0.15) is 0 Å². The van der Waals surface area contributed by atoms with Crippen molar-refractivity contribution in [1.82, 2.24) is 0 Å². The molecule has 0 aliphatic carbocycles. The van der Waals surface area contributed by atoms with Gasteiger partial charge in [-0.05, 0) is 12.5 Å². The van der Waals surface area contributed by atoms with Crippen molar-refractivity contribution < 1.29 is 14.3 Å². The Kier molecular flexibility index (Phi) is 5.25. The van der Waals surface area contributed by atoms with E-state index >= 15 is 0 Å². The fourth-order valence-corrected chi connectivity index (χ4v) is 1.61. The van der Waals surface area contributed by atoms with Crippen molar-refractivity contribution in [2.24, 2.45) is 5.73 Å². The van der Waals surface area contributed by atoms with Gasteiger partial charge in [0, 0.05) is 6.07 Å². The van der Waals surface area contributed by atoms with Crippen LogP contribution >= 0.6 is 11.6 Å². The van der Waals surface area contributed by atoms with E-state index in [0.29, 0.717) is 28.6 Å². The number of benzene rings is 1. The summed E-state index contributed by atoms with van der Waals surface area (Å²) in [5.74, 6) is 0.663. The summed E-state index contributed by atoms with van der Waals surface area (Å²) >= 11 is 5.99. The first-order valence-electron chi connectivity index (χ1n) is 5.51. The van der Waals surface area contributed by atoms with Crippen LogP contribution in [0.2, 0.25) is 5.02 Å². The van der Waals surface area contributed by atoms with Crippen molar-refractivity contribution in [2.75, 3.05) is 19.5 Å². The molecule has 0 radical (unpaired) electrons. The topological polar surface area (TPSA) is 73.6 Å². The predicted molar refractivity (Wildman–Crippen MR) is 71.5 cm³/mol. The number of ether oxygens (including phenoxy) is 2. The minimum Gasteiger partial charge on any atom is -0.495 e. The van der Waals surface area contributed by atoms with E-state index in [2.05, 4.69) is 5.32 Å². The Balaban J connectivity index is 3.01. The van der Waals surface area contributed by atoms with Crippen LogP contribution in [-0.2, 0) is 4.79 Å². The van der Waals surface area contributed by atoms with Gasteiger partial charge in [0.05, 0.1) is 31.0 Å². The Morgan fingerprint density at radius 3 is 2.50 bits per heavy atom. The minimum atomic E-state index is -0.560. The molecule has 0 saturated carbocycles. The Morgan fingerprint density at radius 1 is 1.39 bits per heavy atom. The van der Waals surface area contributed by atoms with Crippen molar-refractivity contribution >= 4 is 23.2 Å². The summed E-state index contributed by atoms with van der Waals surface area (Å²) in [6.45, 7) is 1.84. The fourth-order valence-electron chi connectivity index (χ4n) is 1.37. The van der Waals surface area contributed by atoms with Gasteiger partial charge in [0.25, 0.3) is 0 Å². The zero-order valence-electron chi connectivity index (χ0n) is 10.6. The molecule has 1 aromatic rings. The maximum atomic E-state index is 11.7. The standard InChI is InChI=1S/C12H17ClN2O3/c1-4-8(14)12(16)15-9-5-7(13)10(17-2)6-11(9)18-3/h5-6,8H,4,14H2,1-3H3,(H,15,16)/t8-/m1/s1. The van der Waals surface area contributed by atoms with E-state index in [1.165, 1.54) is 14.2 Å². The number of anilines is 1. The molecule has 0 fully saturated rings. The van der Waals surface area contributed by atoms with Crippen LogP contribution in [0.4, 0.5) is 5.69 Å². The fraction of sp³-hybridized carbons (Fsp3) is 0.417. The lowest BCUT2D eigenvalue weighted by molar-refractivity contribution is -0.117. The lowest BCUT2D eigenvalue weighted by atomic mass is 10.2. The Labute approximate surface area is 111 Å². The monoisotopic (exact) mass is 272 g/mol. The second-order valence-electron chi connectivity index (χ2n) is 3.69. The number of carbonyl (C=O) groups is 1. The summed E-state index contributed by atoms with van der Waals surface area (Å²) in [7, 11) is 3.00. The quantitative estimate of drug-likeness (QED) is 0.860. The van der Waals surface area contributed by atoms with Crippen LogP contribution in [0.25, 0.3) is 0 Å². The Morgan fingerprint density at radius 2 is 2.00 bits per heavy atom. The van der Waals surface area contributed by atoms with Crippen LogP contribution in [0.3, 0.4) is 0 Å². The molecule has 0 saturated heterocycles. The zero-order chi connectivity index (χ0) is 13.7. The second-order valence-corrected chi connectivity index (χ2v) is 4.10. The van der Waals surface area contributed by atoms with Crippen molar-refractivity contribution in [1.29, 1.82) is 0 Å². The number of hydrogen-bond acceptors (Lipinski definition) is 4. The summed E-state index contributed by atoms with van der Waals surface area (Å²) in [5.41, 5.74) is 6.11. The molecular weight excluding hydrogens is 256 g/mol. The number of carbonyl (C=O) groups excluding carboxylic acids is 1. The average Bonchev–Trinajstić information content (AvgIpc) is 2.38. The number of rotatable bonds is 5. The highest BCUT2D eigenvalue weighted by atomic mass is 35.5. The van der Waals surface area contributed by atoms with Gasteiger partial charge in [0.2, 0.25) is 5.91 Å². The molecule has 0 heterocycles. The summed E-state index contributed by atoms with van der Waals surface area (Å²) in [5, 5.41) is 3.06. The Bertz CT molecular complexity index is 438. The van der Waals surface area contributed by atoms with Gasteiger partial charge >= 0.3 is 0 Å². The zero-order valence-corrected chi connectivity index (χ0v) is 11.4. The molecule has 18 heavy (non-hydrogen) atoms. The van der Waals surface area contributed by atoms with Crippen molar-refractivity contribution in [3.8, 4) is 11.5 Å². The molecule has 0 aromatic heterocycles. The van der Waals surface area contributed by atoms with E-state index < -0.39 is 6.04 Å². The van der Waals surface area contributed by atoms with Crippen LogP contribution in [0.5, 0.6) is 11.5 Å². The molecule has 0 spiro atoms. The van der Waals surface area contributed by atoms with Gasteiger partial charge in [-0.3, -0.25) is 4.79 Å². The van der Waals surface area contributed by atoms with Gasteiger partial charge in [-0.1, -0.05) is 18.5 Å². The van der Waals surface area contributed by atoms with Gasteiger partial charge in [-0.15, -0.1) is 0 Å². The van der Waals surface area contributed by atoms with E-state index in [1.807, 2.05) is 6.92 Å². The summed E-state index contributed by atoms with van der Waals surface area (Å²) in [4.78, 5) is 11.7. The lowest BCUT2D eigenvalue weighted by Gasteiger charge is -2.15. The summed E-state index contributed by atoms with van der Waals surface area (Å²) in [6.07, 6.45) is 0.554. The summed E-state index contributed by atoms with van der Waals surface area (Å²) < 4.78 is 10.2. The first-order valence-corrected chi connectivity index (χ1v) is 5.89. The maximum absolute atomic E-state index is 11.7. The molecule has 1 rings (SSSR count). The number of halogens is 1. The van der Waals surface area contributed by atoms with Crippen molar-refractivity contribution in [3.63, 3.8) is 0 Å². The van der Waals surface area contributed by atoms with Crippen LogP contribution in [0.1, 0.15) is 13.3 Å². The molecule has 6 heteroatoms. The number of amides is 1. The third-order valence-corrected chi connectivity index (χ3v) is 2.80. The largest absolute Gasteiger partial charge is 0.495 e. The molecular formula is C12H17ClN2O3. The second kappa shape index (κ2) is 6.47. The third-order valence-electron chi connectivity index (χ3n) is 2.51. The third kappa shape index (κ3) is 3.27. The van der Waals surface area contributed by atoms with Crippen molar-refractivity contribution in [2.45, 2.75) is 19.4 Å². The van der Waals surface area contributed by atoms with E-state index in [-0.39, 0.29) is 5.91 Å². The maximum Gasteiger partial charge on any atom is 0.241 e. The Hall–Kier alpha value is -1.46. The highest BCUT2D eigenvalue weighted by Crippen LogP contribution is 2.35. The first-order chi connectivity index (χ1) is 8.53. The number of nitrogens with two attached hydrogens (primary N) is 1. The molecule has 3 N–H and O–H groups in total. The van der Waals surface area contributed by atoms with Crippen molar-refractivity contribution in [3.05, 3.63) is 17.2 Å². The molecule has 0 aliphatic rings. The lowest BCUT2D eigenvalue weighted by Crippen LogP contribution is -2.34. The van der Waals surface area contributed by atoms with E-state index in [1.54, 1.807) is 12.1 Å². The smallest absolute Gasteiger partial charge is 0.241 e. The molecule has 0 unspecified atom stereocenters. The van der Waals surface area contributed by atoms with Crippen LogP contribution in [0.15, 0.2) is 12.1 Å². The average molecular weight is 273 g/mol. The minimum absolute atomic E-state index is 0.281. The number of nitrogens with one attached hydrogen (secondary N) is 1. The van der Waals surface area contributed by atoms with Gasteiger partial charge < -0.3 is 20.5 Å². The normalized spacial score (nSPS) is 11.8. The number of hydrogen-bond donors (Lipinski definition) is 2. The molecule has 0 aliphatic heterocycles. The van der Waals surface area contributed by atoms with E-state index in [4.69, 9.17) is 26.8 Å². The molecule has 1 aromatic carbocycles. The van der Waals surface area contributed by atoms with E-state index in [0.717, 1.165) is 0 Å². The molecule has 100 valence electrons. The molecule has 1 atom stereocenters. The number of methoxy groups -OCH3 is 2. The molecule has 1 amide bonds.